The van der Waals surface area contributed by atoms with Crippen LogP contribution in [0.4, 0.5) is 13.2 Å². The number of nitrogens with one attached hydrogen (secondary N) is 2. The first-order valence-electron chi connectivity index (χ1n) is 9.12. The summed E-state index contributed by atoms with van der Waals surface area (Å²) in [6.07, 6.45) is 2.32. The molecule has 2 aromatic rings. The van der Waals surface area contributed by atoms with Crippen LogP contribution >= 0.6 is 0 Å². The topological polar surface area (TPSA) is 104 Å². The molecule has 13 heteroatoms. The Morgan fingerprint density at radius 3 is 2.66 bits per heavy atom. The van der Waals surface area contributed by atoms with Crippen molar-refractivity contribution in [2.45, 2.75) is 37.9 Å². The quantitative estimate of drug-likeness (QED) is 0.541. The van der Waals surface area contributed by atoms with Crippen molar-refractivity contribution in [3.8, 4) is 0 Å². The minimum Gasteiger partial charge on any atom is -0.357 e. The number of hydrogen-bond donors (Lipinski definition) is 2. The van der Waals surface area contributed by atoms with E-state index >= 15 is 0 Å². The van der Waals surface area contributed by atoms with E-state index in [4.69, 9.17) is 0 Å². The Labute approximate surface area is 166 Å². The third kappa shape index (κ3) is 4.78. The van der Waals surface area contributed by atoms with E-state index in [0.717, 1.165) is 0 Å². The van der Waals surface area contributed by atoms with Crippen LogP contribution in [0.1, 0.15) is 25.6 Å². The van der Waals surface area contributed by atoms with Crippen LogP contribution in [0.15, 0.2) is 29.4 Å². The van der Waals surface area contributed by atoms with Crippen LogP contribution in [0.3, 0.4) is 0 Å². The SMILES string of the molecule is CCNC(=NCc1nnc2ccccn12)NC1CCN(S(=O)(=O)C(F)(F)F)CC1. The fourth-order valence-corrected chi connectivity index (χ4v) is 4.03. The maximum absolute atomic E-state index is 12.7. The standard InChI is InChI=1S/C16H22F3N7O2S/c1-2-20-15(21-11-14-24-23-13-5-3-4-8-26(13)14)22-12-6-9-25(10-7-12)29(27,28)16(17,18)19/h3-5,8,12H,2,6-7,9-11H2,1H3,(H2,20,21,22). The van der Waals surface area contributed by atoms with E-state index in [1.54, 1.807) is 0 Å². The van der Waals surface area contributed by atoms with Gasteiger partial charge in [0.2, 0.25) is 0 Å². The summed E-state index contributed by atoms with van der Waals surface area (Å²) in [6, 6.07) is 5.35. The van der Waals surface area contributed by atoms with E-state index in [2.05, 4.69) is 25.8 Å². The van der Waals surface area contributed by atoms with E-state index in [1.165, 1.54) is 0 Å². The van der Waals surface area contributed by atoms with Crippen LogP contribution in [0.2, 0.25) is 0 Å². The molecular weight excluding hydrogens is 411 g/mol. The molecule has 3 rings (SSSR count). The summed E-state index contributed by atoms with van der Waals surface area (Å²) in [6.45, 7) is 2.33. The van der Waals surface area contributed by atoms with Crippen molar-refractivity contribution < 1.29 is 21.6 Å². The Morgan fingerprint density at radius 1 is 1.28 bits per heavy atom. The Bertz CT molecular complexity index is 966. The maximum atomic E-state index is 12.7. The molecule has 0 saturated carbocycles. The molecule has 1 aliphatic rings. The monoisotopic (exact) mass is 433 g/mol. The predicted octanol–water partition coefficient (Wildman–Crippen LogP) is 1.10. The second-order valence-corrected chi connectivity index (χ2v) is 8.44. The molecule has 0 amide bonds. The van der Waals surface area contributed by atoms with Gasteiger partial charge in [0.05, 0.1) is 0 Å². The molecule has 0 atom stereocenters. The van der Waals surface area contributed by atoms with Crippen molar-refractivity contribution in [3.63, 3.8) is 0 Å². The molecule has 2 aromatic heterocycles. The van der Waals surface area contributed by atoms with Crippen LogP contribution in [-0.4, -0.2) is 64.5 Å². The minimum atomic E-state index is -5.28. The highest BCUT2D eigenvalue weighted by atomic mass is 32.2. The number of hydrogen-bond acceptors (Lipinski definition) is 5. The minimum absolute atomic E-state index is 0.192. The summed E-state index contributed by atoms with van der Waals surface area (Å²) in [5.41, 5.74) is -4.57. The van der Waals surface area contributed by atoms with Crippen molar-refractivity contribution in [1.29, 1.82) is 0 Å². The maximum Gasteiger partial charge on any atom is 0.511 e. The Morgan fingerprint density at radius 2 is 2.00 bits per heavy atom. The van der Waals surface area contributed by atoms with Crippen molar-refractivity contribution in [3.05, 3.63) is 30.2 Å². The fourth-order valence-electron chi connectivity index (χ4n) is 3.05. The van der Waals surface area contributed by atoms with Gasteiger partial charge in [-0.15, -0.1) is 10.2 Å². The Kier molecular flexibility index (Phi) is 6.27. The Balaban J connectivity index is 1.62. The van der Waals surface area contributed by atoms with Gasteiger partial charge in [-0.2, -0.15) is 17.5 Å². The van der Waals surface area contributed by atoms with Gasteiger partial charge in [0.25, 0.3) is 0 Å². The lowest BCUT2D eigenvalue weighted by Crippen LogP contribution is -2.51. The number of rotatable bonds is 5. The normalized spacial score (nSPS) is 17.6. The van der Waals surface area contributed by atoms with E-state index in [1.807, 2.05) is 35.7 Å². The van der Waals surface area contributed by atoms with Crippen molar-refractivity contribution >= 4 is 21.6 Å². The zero-order valence-corrected chi connectivity index (χ0v) is 16.5. The van der Waals surface area contributed by atoms with Gasteiger partial charge in [0.1, 0.15) is 6.54 Å². The first-order chi connectivity index (χ1) is 13.7. The van der Waals surface area contributed by atoms with Crippen molar-refractivity contribution in [1.82, 2.24) is 29.5 Å². The largest absolute Gasteiger partial charge is 0.511 e. The summed E-state index contributed by atoms with van der Waals surface area (Å²) < 4.78 is 63.4. The predicted molar refractivity (Wildman–Crippen MR) is 101 cm³/mol. The molecule has 160 valence electrons. The first-order valence-corrected chi connectivity index (χ1v) is 10.6. The zero-order chi connectivity index (χ0) is 21.1. The lowest BCUT2D eigenvalue weighted by atomic mass is 10.1. The van der Waals surface area contributed by atoms with Gasteiger partial charge < -0.3 is 10.6 Å². The number of piperidine rings is 1. The molecule has 1 aliphatic heterocycles. The van der Waals surface area contributed by atoms with Crippen molar-refractivity contribution in [2.75, 3.05) is 19.6 Å². The average Bonchev–Trinajstić information content (AvgIpc) is 3.09. The lowest BCUT2D eigenvalue weighted by Gasteiger charge is -2.32. The molecule has 0 unspecified atom stereocenters. The second-order valence-electron chi connectivity index (χ2n) is 6.51. The Hall–Kier alpha value is -2.41. The van der Waals surface area contributed by atoms with Gasteiger partial charge >= 0.3 is 15.5 Å². The van der Waals surface area contributed by atoms with Gasteiger partial charge in [0.15, 0.2) is 17.4 Å². The van der Waals surface area contributed by atoms with Gasteiger partial charge in [-0.05, 0) is 31.9 Å². The molecule has 0 spiro atoms. The molecule has 0 aromatic carbocycles. The molecule has 9 nitrogen and oxygen atoms in total. The van der Waals surface area contributed by atoms with Gasteiger partial charge in [-0.3, -0.25) is 4.40 Å². The number of fused-ring (bicyclic) bond motifs is 1. The fraction of sp³-hybridized carbons (Fsp3) is 0.562. The number of sulfonamides is 1. The third-order valence-corrected chi connectivity index (χ3v) is 6.16. The number of aromatic nitrogens is 3. The van der Waals surface area contributed by atoms with Crippen LogP contribution in [0.25, 0.3) is 5.65 Å². The van der Waals surface area contributed by atoms with Crippen LogP contribution in [0, 0.1) is 0 Å². The number of guanidine groups is 1. The van der Waals surface area contributed by atoms with Gasteiger partial charge in [-0.25, -0.2) is 13.4 Å². The van der Waals surface area contributed by atoms with Crippen LogP contribution in [0.5, 0.6) is 0 Å². The average molecular weight is 433 g/mol. The van der Waals surface area contributed by atoms with Gasteiger partial charge in [-0.1, -0.05) is 6.07 Å². The zero-order valence-electron chi connectivity index (χ0n) is 15.7. The molecule has 0 radical (unpaired) electrons. The molecule has 2 N–H and O–H groups in total. The number of nitrogens with zero attached hydrogens (tertiary/aromatic N) is 5. The van der Waals surface area contributed by atoms with Crippen molar-refractivity contribution in [2.24, 2.45) is 4.99 Å². The molecule has 1 saturated heterocycles. The number of pyridine rings is 1. The van der Waals surface area contributed by atoms with E-state index in [-0.39, 0.29) is 38.5 Å². The lowest BCUT2D eigenvalue weighted by molar-refractivity contribution is -0.0494. The number of aliphatic imine (C=N–C) groups is 1. The molecule has 3 heterocycles. The first kappa shape index (κ1) is 21.3. The van der Waals surface area contributed by atoms with E-state index < -0.39 is 15.5 Å². The highest BCUT2D eigenvalue weighted by Crippen LogP contribution is 2.28. The van der Waals surface area contributed by atoms with E-state index in [9.17, 15) is 21.6 Å². The third-order valence-electron chi connectivity index (χ3n) is 4.53. The molecule has 1 fully saturated rings. The highest BCUT2D eigenvalue weighted by molar-refractivity contribution is 7.90. The molecule has 0 bridgehead atoms. The van der Waals surface area contributed by atoms with E-state index in [0.29, 0.717) is 28.3 Å². The second kappa shape index (κ2) is 8.53. The summed E-state index contributed by atoms with van der Waals surface area (Å²) in [5, 5.41) is 14.4. The molecular formula is C16H22F3N7O2S. The summed E-state index contributed by atoms with van der Waals surface area (Å²) in [4.78, 5) is 4.47. The van der Waals surface area contributed by atoms with Crippen LogP contribution < -0.4 is 10.6 Å². The molecule has 29 heavy (non-hydrogen) atoms. The summed E-state index contributed by atoms with van der Waals surface area (Å²) in [5.74, 6) is 1.13. The number of alkyl halides is 3. The van der Waals surface area contributed by atoms with Gasteiger partial charge in [0, 0.05) is 31.9 Å². The molecule has 0 aliphatic carbocycles. The summed E-state index contributed by atoms with van der Waals surface area (Å²) >= 11 is 0. The highest BCUT2D eigenvalue weighted by Gasteiger charge is 2.50. The van der Waals surface area contributed by atoms with Crippen LogP contribution in [-0.2, 0) is 16.6 Å². The number of halogens is 3. The summed E-state index contributed by atoms with van der Waals surface area (Å²) in [7, 11) is -5.28. The smallest absolute Gasteiger partial charge is 0.357 e.